The zero-order valence-electron chi connectivity index (χ0n) is 11.8. The van der Waals surface area contributed by atoms with E-state index in [0.717, 1.165) is 19.3 Å². The average Bonchev–Trinajstić information content (AvgIpc) is 2.92. The molecule has 1 aliphatic heterocycles. The number of esters is 1. The van der Waals surface area contributed by atoms with Crippen LogP contribution in [0.25, 0.3) is 0 Å². The van der Waals surface area contributed by atoms with Gasteiger partial charge in [0.2, 0.25) is 0 Å². The van der Waals surface area contributed by atoms with E-state index >= 15 is 0 Å². The van der Waals surface area contributed by atoms with Crippen LogP contribution in [0.1, 0.15) is 52.4 Å². The largest absolute Gasteiger partial charge is 0.468 e. The second-order valence-electron chi connectivity index (χ2n) is 5.98. The minimum Gasteiger partial charge on any atom is -0.468 e. The molecule has 1 saturated heterocycles. The normalized spacial score (nSPS) is 41.2. The molecule has 1 aliphatic carbocycles. The van der Waals surface area contributed by atoms with E-state index < -0.39 is 5.54 Å². The Labute approximate surface area is 110 Å². The van der Waals surface area contributed by atoms with Crippen molar-refractivity contribution in [2.24, 2.45) is 5.73 Å². The average molecular weight is 254 g/mol. The van der Waals surface area contributed by atoms with Crippen molar-refractivity contribution in [3.05, 3.63) is 0 Å². The van der Waals surface area contributed by atoms with Gasteiger partial charge in [-0.05, 0) is 45.4 Å². The molecular weight excluding hydrogens is 228 g/mol. The molecule has 0 bridgehead atoms. The molecule has 18 heavy (non-hydrogen) atoms. The number of hydrogen-bond donors (Lipinski definition) is 1. The number of hydrogen-bond acceptors (Lipinski definition) is 4. The van der Waals surface area contributed by atoms with Crippen molar-refractivity contribution in [1.82, 2.24) is 4.90 Å². The second-order valence-corrected chi connectivity index (χ2v) is 5.98. The molecule has 2 aliphatic rings. The van der Waals surface area contributed by atoms with E-state index in [1.165, 1.54) is 26.4 Å². The number of carbonyl (C=O) groups is 1. The summed E-state index contributed by atoms with van der Waals surface area (Å²) in [4.78, 5) is 14.4. The molecule has 4 nitrogen and oxygen atoms in total. The first-order valence-electron chi connectivity index (χ1n) is 7.16. The van der Waals surface area contributed by atoms with Gasteiger partial charge in [0.1, 0.15) is 5.54 Å². The number of methoxy groups -OCH3 is 1. The molecule has 2 N–H and O–H groups in total. The minimum atomic E-state index is -0.750. The SMILES string of the molecule is CCC1CCC(C)N1C1CCC(N)(C(=O)OC)C1. The van der Waals surface area contributed by atoms with Crippen molar-refractivity contribution in [3.63, 3.8) is 0 Å². The number of nitrogens with zero attached hydrogens (tertiary/aromatic N) is 1. The molecule has 0 aromatic carbocycles. The van der Waals surface area contributed by atoms with Crippen LogP contribution in [0.15, 0.2) is 0 Å². The zero-order chi connectivity index (χ0) is 13.3. The molecule has 2 rings (SSSR count). The summed E-state index contributed by atoms with van der Waals surface area (Å²) >= 11 is 0. The molecular formula is C14H26N2O2. The Kier molecular flexibility index (Phi) is 3.97. The molecule has 4 atom stereocenters. The number of ether oxygens (including phenoxy) is 1. The van der Waals surface area contributed by atoms with Gasteiger partial charge < -0.3 is 10.5 Å². The highest BCUT2D eigenvalue weighted by atomic mass is 16.5. The van der Waals surface area contributed by atoms with Crippen LogP contribution >= 0.6 is 0 Å². The number of likely N-dealkylation sites (tertiary alicyclic amines) is 1. The summed E-state index contributed by atoms with van der Waals surface area (Å²) in [6, 6.07) is 1.75. The summed E-state index contributed by atoms with van der Waals surface area (Å²) in [6.45, 7) is 4.55. The first-order valence-corrected chi connectivity index (χ1v) is 7.16. The predicted molar refractivity (Wildman–Crippen MR) is 71.2 cm³/mol. The van der Waals surface area contributed by atoms with Gasteiger partial charge in [0.15, 0.2) is 0 Å². The molecule has 104 valence electrons. The van der Waals surface area contributed by atoms with E-state index in [1.54, 1.807) is 0 Å². The Balaban J connectivity index is 2.06. The first kappa shape index (κ1) is 13.8. The third-order valence-electron chi connectivity index (χ3n) is 4.86. The van der Waals surface area contributed by atoms with Crippen LogP contribution in [-0.2, 0) is 9.53 Å². The fourth-order valence-electron chi connectivity index (χ4n) is 3.86. The summed E-state index contributed by atoms with van der Waals surface area (Å²) in [5, 5.41) is 0. The highest BCUT2D eigenvalue weighted by Crippen LogP contribution is 2.38. The molecule has 0 spiro atoms. The monoisotopic (exact) mass is 254 g/mol. The topological polar surface area (TPSA) is 55.6 Å². The van der Waals surface area contributed by atoms with Crippen molar-refractivity contribution < 1.29 is 9.53 Å². The van der Waals surface area contributed by atoms with Crippen LogP contribution in [0.5, 0.6) is 0 Å². The third-order valence-corrected chi connectivity index (χ3v) is 4.86. The van der Waals surface area contributed by atoms with Crippen molar-refractivity contribution in [1.29, 1.82) is 0 Å². The fraction of sp³-hybridized carbons (Fsp3) is 0.929. The van der Waals surface area contributed by atoms with E-state index in [-0.39, 0.29) is 5.97 Å². The summed E-state index contributed by atoms with van der Waals surface area (Å²) in [5.74, 6) is -0.245. The van der Waals surface area contributed by atoms with Gasteiger partial charge in [-0.1, -0.05) is 6.92 Å². The van der Waals surface area contributed by atoms with E-state index in [0.29, 0.717) is 18.1 Å². The second kappa shape index (κ2) is 5.17. The van der Waals surface area contributed by atoms with Crippen LogP contribution in [0, 0.1) is 0 Å². The maximum atomic E-state index is 11.8. The van der Waals surface area contributed by atoms with Gasteiger partial charge in [-0.2, -0.15) is 0 Å². The number of nitrogens with two attached hydrogens (primary N) is 1. The van der Waals surface area contributed by atoms with Crippen LogP contribution in [0.2, 0.25) is 0 Å². The molecule has 2 fully saturated rings. The summed E-state index contributed by atoms with van der Waals surface area (Å²) < 4.78 is 4.85. The minimum absolute atomic E-state index is 0.245. The van der Waals surface area contributed by atoms with Crippen LogP contribution < -0.4 is 5.73 Å². The molecule has 1 saturated carbocycles. The van der Waals surface area contributed by atoms with Crippen LogP contribution in [0.3, 0.4) is 0 Å². The fourth-order valence-corrected chi connectivity index (χ4v) is 3.86. The molecule has 0 radical (unpaired) electrons. The number of rotatable bonds is 3. The maximum absolute atomic E-state index is 11.8. The van der Waals surface area contributed by atoms with E-state index in [1.807, 2.05) is 0 Å². The van der Waals surface area contributed by atoms with Crippen molar-refractivity contribution in [2.45, 2.75) is 76.0 Å². The van der Waals surface area contributed by atoms with Crippen LogP contribution in [-0.4, -0.2) is 41.6 Å². The van der Waals surface area contributed by atoms with Crippen molar-refractivity contribution in [2.75, 3.05) is 7.11 Å². The lowest BCUT2D eigenvalue weighted by Gasteiger charge is -2.34. The molecule has 0 amide bonds. The highest BCUT2D eigenvalue weighted by Gasteiger charge is 2.47. The molecule has 4 unspecified atom stereocenters. The Morgan fingerprint density at radius 3 is 2.78 bits per heavy atom. The Morgan fingerprint density at radius 2 is 2.17 bits per heavy atom. The lowest BCUT2D eigenvalue weighted by Crippen LogP contribution is -2.49. The van der Waals surface area contributed by atoms with Gasteiger partial charge in [-0.3, -0.25) is 9.69 Å². The van der Waals surface area contributed by atoms with E-state index in [2.05, 4.69) is 18.7 Å². The zero-order valence-corrected chi connectivity index (χ0v) is 11.8. The van der Waals surface area contributed by atoms with Crippen molar-refractivity contribution in [3.8, 4) is 0 Å². The van der Waals surface area contributed by atoms with Crippen LogP contribution in [0.4, 0.5) is 0 Å². The lowest BCUT2D eigenvalue weighted by molar-refractivity contribution is -0.147. The van der Waals surface area contributed by atoms with Gasteiger partial charge >= 0.3 is 5.97 Å². The Bertz CT molecular complexity index is 321. The highest BCUT2D eigenvalue weighted by molar-refractivity contribution is 5.81. The third kappa shape index (κ3) is 2.28. The van der Waals surface area contributed by atoms with Gasteiger partial charge in [0.25, 0.3) is 0 Å². The smallest absolute Gasteiger partial charge is 0.325 e. The van der Waals surface area contributed by atoms with Gasteiger partial charge in [-0.25, -0.2) is 0 Å². The summed E-state index contributed by atoms with van der Waals surface area (Å²) in [5.41, 5.74) is 5.45. The predicted octanol–water partition coefficient (Wildman–Crippen LogP) is 1.67. The van der Waals surface area contributed by atoms with E-state index in [9.17, 15) is 4.79 Å². The Hall–Kier alpha value is -0.610. The summed E-state index contributed by atoms with van der Waals surface area (Å²) in [6.07, 6.45) is 6.27. The van der Waals surface area contributed by atoms with Gasteiger partial charge in [0.05, 0.1) is 7.11 Å². The first-order chi connectivity index (χ1) is 8.51. The van der Waals surface area contributed by atoms with Gasteiger partial charge in [-0.15, -0.1) is 0 Å². The van der Waals surface area contributed by atoms with E-state index in [4.69, 9.17) is 10.5 Å². The lowest BCUT2D eigenvalue weighted by atomic mass is 9.98. The Morgan fingerprint density at radius 1 is 1.44 bits per heavy atom. The molecule has 0 aromatic heterocycles. The van der Waals surface area contributed by atoms with Gasteiger partial charge in [0, 0.05) is 18.1 Å². The standard InChI is InChI=1S/C14H26N2O2/c1-4-11-6-5-10(2)16(11)12-7-8-14(15,9-12)13(17)18-3/h10-12H,4-9,15H2,1-3H3. The number of carbonyl (C=O) groups excluding carboxylic acids is 1. The molecule has 4 heteroatoms. The quantitative estimate of drug-likeness (QED) is 0.778. The summed E-state index contributed by atoms with van der Waals surface area (Å²) in [7, 11) is 1.43. The molecule has 0 aromatic rings. The molecule has 1 heterocycles. The maximum Gasteiger partial charge on any atom is 0.325 e. The van der Waals surface area contributed by atoms with Crippen molar-refractivity contribution >= 4 is 5.97 Å².